The molecule has 0 bridgehead atoms. The molecule has 542 valence electrons. The van der Waals surface area contributed by atoms with Gasteiger partial charge < -0.3 is 91.9 Å². The van der Waals surface area contributed by atoms with Gasteiger partial charge in [0.2, 0.25) is 23.5 Å². The molecule has 1 aliphatic heterocycles. The summed E-state index contributed by atoms with van der Waals surface area (Å²) in [5.41, 5.74) is 2.96. The van der Waals surface area contributed by atoms with Crippen LogP contribution in [0.5, 0.6) is 34.5 Å². The molecule has 1 fully saturated rings. The van der Waals surface area contributed by atoms with Crippen LogP contribution in [0.1, 0.15) is 106 Å². The van der Waals surface area contributed by atoms with Gasteiger partial charge in [0.15, 0.2) is 29.6 Å². The minimum atomic E-state index is -0.822. The first-order valence-corrected chi connectivity index (χ1v) is 34.1. The minimum absolute atomic E-state index is 0.0627. The van der Waals surface area contributed by atoms with Crippen molar-refractivity contribution in [1.29, 1.82) is 0 Å². The van der Waals surface area contributed by atoms with Gasteiger partial charge >= 0.3 is 5.97 Å². The molecule has 28 heteroatoms. The van der Waals surface area contributed by atoms with Gasteiger partial charge in [-0.1, -0.05) is 43.2 Å². The van der Waals surface area contributed by atoms with Crippen LogP contribution in [-0.4, -0.2) is 235 Å². The summed E-state index contributed by atoms with van der Waals surface area (Å²) in [7, 11) is 7.72. The maximum Gasteiger partial charge on any atom is 0.329 e. The second kappa shape index (κ2) is 49.4. The molecule has 5 rings (SSSR count). The number of nitrogens with one attached hydrogen (secondary N) is 3. The highest BCUT2D eigenvalue weighted by Crippen LogP contribution is 2.42. The lowest BCUT2D eigenvalue weighted by Gasteiger charge is -2.37. The number of unbranched alkanes of at least 4 members (excludes halogenated alkanes) is 3. The SMILES string of the molecule is CC[C@H](C(=O)N1CCCCC1C(=O)O[C@H](CCc1ccc(OC)c(OC)c1)c1cccc(OCC(=O)NCCOCCOCCOCCn2cc(CCC(=O)NCCOCCOCCOCC(=O)NCCOCCOCCCCCCCl)nn2)c1)c1cc(OC)c(OC)c(OC)c1. The third-order valence-electron chi connectivity index (χ3n) is 15.5. The molecule has 3 N–H and O–H groups in total. The number of carbonyl (C=O) groups is 5. The molecule has 1 aromatic heterocycles. The molecular formula is C69H104ClN7O20. The summed E-state index contributed by atoms with van der Waals surface area (Å²) in [4.78, 5) is 67.9. The highest BCUT2D eigenvalue weighted by atomic mass is 35.5. The van der Waals surface area contributed by atoms with Crippen molar-refractivity contribution in [3.63, 3.8) is 0 Å². The molecule has 0 radical (unpaired) electrons. The molecule has 1 saturated heterocycles. The number of esters is 1. The third kappa shape index (κ3) is 31.6. The molecule has 0 saturated carbocycles. The summed E-state index contributed by atoms with van der Waals surface area (Å²) < 4.78 is 86.1. The zero-order chi connectivity index (χ0) is 69.5. The highest BCUT2D eigenvalue weighted by molar-refractivity contribution is 6.17. The van der Waals surface area contributed by atoms with E-state index in [4.69, 9.17) is 82.7 Å². The van der Waals surface area contributed by atoms with E-state index in [2.05, 4.69) is 26.3 Å². The number of aromatic nitrogens is 3. The van der Waals surface area contributed by atoms with Gasteiger partial charge in [-0.15, -0.1) is 16.7 Å². The number of hydrogen-bond acceptors (Lipinski definition) is 22. The molecule has 3 atom stereocenters. The zero-order valence-corrected chi connectivity index (χ0v) is 58.3. The summed E-state index contributed by atoms with van der Waals surface area (Å²) in [6, 6.07) is 15.5. The minimum Gasteiger partial charge on any atom is -0.493 e. The van der Waals surface area contributed by atoms with Gasteiger partial charge in [0.25, 0.3) is 5.91 Å². The van der Waals surface area contributed by atoms with Gasteiger partial charge in [0, 0.05) is 57.7 Å². The molecule has 0 spiro atoms. The Bertz CT molecular complexity index is 2850. The largest absolute Gasteiger partial charge is 0.493 e. The molecule has 27 nitrogen and oxygen atoms in total. The first kappa shape index (κ1) is 80.6. The van der Waals surface area contributed by atoms with Crippen LogP contribution in [-0.2, 0) is 86.0 Å². The van der Waals surface area contributed by atoms with Gasteiger partial charge in [-0.2, -0.15) is 0 Å². The fourth-order valence-electron chi connectivity index (χ4n) is 10.4. The van der Waals surface area contributed by atoms with Crippen LogP contribution in [0.4, 0.5) is 0 Å². The monoisotopic (exact) mass is 1390 g/mol. The van der Waals surface area contributed by atoms with E-state index in [-0.39, 0.29) is 63.0 Å². The third-order valence-corrected chi connectivity index (χ3v) is 15.8. The highest BCUT2D eigenvalue weighted by Gasteiger charge is 2.38. The quantitative estimate of drug-likeness (QED) is 0.0244. The molecular weight excluding hydrogens is 1280 g/mol. The summed E-state index contributed by atoms with van der Waals surface area (Å²) >= 11 is 5.68. The van der Waals surface area contributed by atoms with E-state index in [1.54, 1.807) is 60.3 Å². The van der Waals surface area contributed by atoms with Gasteiger partial charge in [-0.25, -0.2) is 9.48 Å². The van der Waals surface area contributed by atoms with Crippen molar-refractivity contribution in [1.82, 2.24) is 35.8 Å². The Morgan fingerprint density at radius 1 is 0.577 bits per heavy atom. The van der Waals surface area contributed by atoms with Crippen molar-refractivity contribution in [2.24, 2.45) is 0 Å². The van der Waals surface area contributed by atoms with E-state index in [0.717, 1.165) is 44.1 Å². The van der Waals surface area contributed by atoms with Crippen LogP contribution in [0.15, 0.2) is 60.8 Å². The number of alkyl halides is 1. The molecule has 1 unspecified atom stereocenters. The number of halogens is 1. The number of nitrogens with zero attached hydrogens (tertiary/aromatic N) is 4. The maximum atomic E-state index is 14.6. The smallest absolute Gasteiger partial charge is 0.329 e. The van der Waals surface area contributed by atoms with Crippen molar-refractivity contribution >= 4 is 41.2 Å². The standard InChI is InChI=1S/C69H104ClN7O20/c1-7-57(54-47-62(85-4)67(87-6)63(48-54)86-5)68(81)77-28-12-10-17-58(77)69(82)97-59(21-18-52-19-22-60(83-2)61(45-52)84-3)53-15-14-16-56(46-53)96-51-66(80)73-27-33-91-37-40-93-42-39-92-34-29-76-49-55(74-75-76)20-23-64(78)71-25-31-89-38-41-94-43-44-95-50-65(79)72-26-32-90-36-35-88-30-13-9-8-11-24-70/h14-16,19,22,45-49,57-59H,7-13,17-18,20-21,23-44,50-51H2,1-6H3,(H,71,78)(H,72,79)(H,73,80)/t57-,58?,59+/m0/s1. The Labute approximate surface area is 575 Å². The number of ether oxygens (including phenoxy) is 15. The molecule has 97 heavy (non-hydrogen) atoms. The Morgan fingerprint density at radius 3 is 1.78 bits per heavy atom. The number of benzene rings is 3. The number of likely N-dealkylation sites (tertiary alicyclic amines) is 1. The number of hydrogen-bond donors (Lipinski definition) is 3. The number of methoxy groups -OCH3 is 5. The molecule has 2 heterocycles. The second-order valence-electron chi connectivity index (χ2n) is 22.4. The molecule has 4 amide bonds. The number of carbonyl (C=O) groups excluding carboxylic acids is 5. The van der Waals surface area contributed by atoms with Crippen LogP contribution in [0.2, 0.25) is 0 Å². The van der Waals surface area contributed by atoms with E-state index in [9.17, 15) is 24.0 Å². The van der Waals surface area contributed by atoms with Gasteiger partial charge in [0.1, 0.15) is 24.5 Å². The van der Waals surface area contributed by atoms with E-state index >= 15 is 0 Å². The Balaban J connectivity index is 0.893. The second-order valence-corrected chi connectivity index (χ2v) is 22.8. The fourth-order valence-corrected chi connectivity index (χ4v) is 10.5. The average molecular weight is 1390 g/mol. The van der Waals surface area contributed by atoms with E-state index in [1.807, 2.05) is 31.2 Å². The number of amides is 4. The van der Waals surface area contributed by atoms with Gasteiger partial charge in [0.05, 0.1) is 146 Å². The topological polar surface area (TPSA) is 294 Å². The van der Waals surface area contributed by atoms with E-state index in [1.165, 1.54) is 21.3 Å². The summed E-state index contributed by atoms with van der Waals surface area (Å²) in [5, 5.41) is 16.7. The number of aryl methyl sites for hydroxylation is 2. The van der Waals surface area contributed by atoms with E-state index < -0.39 is 24.0 Å². The van der Waals surface area contributed by atoms with Crippen molar-refractivity contribution in [2.45, 2.75) is 109 Å². The lowest BCUT2D eigenvalue weighted by atomic mass is 9.91. The van der Waals surface area contributed by atoms with Crippen LogP contribution >= 0.6 is 11.6 Å². The number of piperidine rings is 1. The van der Waals surface area contributed by atoms with Crippen molar-refractivity contribution in [3.05, 3.63) is 83.2 Å². The first-order valence-electron chi connectivity index (χ1n) is 33.6. The first-order chi connectivity index (χ1) is 47.4. The van der Waals surface area contributed by atoms with Crippen LogP contribution in [0.3, 0.4) is 0 Å². The molecule has 0 aliphatic carbocycles. The number of rotatable bonds is 55. The lowest BCUT2D eigenvalue weighted by Crippen LogP contribution is -2.50. The summed E-state index contributed by atoms with van der Waals surface area (Å²) in [6.07, 6.45) is 9.28. The van der Waals surface area contributed by atoms with Crippen LogP contribution < -0.4 is 44.4 Å². The van der Waals surface area contributed by atoms with E-state index in [0.29, 0.717) is 201 Å². The average Bonchev–Trinajstić information content (AvgIpc) is 1.12. The fraction of sp³-hybridized carbons (Fsp3) is 0.638. The van der Waals surface area contributed by atoms with Crippen molar-refractivity contribution in [3.8, 4) is 34.5 Å². The summed E-state index contributed by atoms with van der Waals surface area (Å²) in [6.45, 7) is 9.28. The Morgan fingerprint density at radius 2 is 1.16 bits per heavy atom. The van der Waals surface area contributed by atoms with Crippen LogP contribution in [0.25, 0.3) is 0 Å². The Hall–Kier alpha value is -7.08. The van der Waals surface area contributed by atoms with Crippen LogP contribution in [0, 0.1) is 0 Å². The lowest BCUT2D eigenvalue weighted by molar-refractivity contribution is -0.162. The predicted molar refractivity (Wildman–Crippen MR) is 360 cm³/mol. The normalized spacial score (nSPS) is 13.5. The zero-order valence-electron chi connectivity index (χ0n) is 57.6. The van der Waals surface area contributed by atoms with Gasteiger partial charge in [-0.3, -0.25) is 19.2 Å². The Kier molecular flexibility index (Phi) is 41.1. The molecule has 4 aromatic rings. The molecule has 3 aromatic carbocycles. The van der Waals surface area contributed by atoms with Crippen molar-refractivity contribution in [2.75, 3.05) is 180 Å². The van der Waals surface area contributed by atoms with Gasteiger partial charge in [-0.05, 0) is 104 Å². The predicted octanol–water partition coefficient (Wildman–Crippen LogP) is 6.41. The maximum absolute atomic E-state index is 14.6. The summed E-state index contributed by atoms with van der Waals surface area (Å²) in [5.74, 6) is 1.54. The molecule has 1 aliphatic rings. The van der Waals surface area contributed by atoms with Crippen molar-refractivity contribution < 1.29 is 95.0 Å².